The number of hydrogen-bond donors (Lipinski definition) is 1. The molecule has 0 radical (unpaired) electrons. The molecule has 2 aromatic rings. The number of hydrogen-bond acceptors (Lipinski definition) is 2. The molecule has 0 aliphatic carbocycles. The Morgan fingerprint density at radius 1 is 1.06 bits per heavy atom. The van der Waals surface area contributed by atoms with E-state index < -0.39 is 0 Å². The Morgan fingerprint density at radius 3 is 2.44 bits per heavy atom. The number of para-hydroxylation sites is 1. The van der Waals surface area contributed by atoms with Crippen LogP contribution in [-0.2, 0) is 0 Å². The molecule has 0 atom stereocenters. The second-order valence-electron chi connectivity index (χ2n) is 4.10. The van der Waals surface area contributed by atoms with E-state index in [9.17, 15) is 4.39 Å². The predicted octanol–water partition coefficient (Wildman–Crippen LogP) is 3.97. The largest absolute Gasteiger partial charge is 0.278 e. The number of hydrazone groups is 1. The third kappa shape index (κ3) is 2.74. The summed E-state index contributed by atoms with van der Waals surface area (Å²) in [4.78, 5) is 0. The summed E-state index contributed by atoms with van der Waals surface area (Å²) < 4.78 is 13.5. The van der Waals surface area contributed by atoms with Crippen molar-refractivity contribution in [2.24, 2.45) is 5.10 Å². The maximum Gasteiger partial charge on any atom is 0.132 e. The van der Waals surface area contributed by atoms with Crippen LogP contribution in [0.5, 0.6) is 0 Å². The predicted molar refractivity (Wildman–Crippen MR) is 73.4 cm³/mol. The van der Waals surface area contributed by atoms with Gasteiger partial charge in [-0.1, -0.05) is 36.4 Å². The van der Waals surface area contributed by atoms with E-state index in [4.69, 9.17) is 0 Å². The lowest BCUT2D eigenvalue weighted by atomic mass is 10.1. The maximum atomic E-state index is 13.5. The van der Waals surface area contributed by atoms with Gasteiger partial charge in [-0.2, -0.15) is 5.10 Å². The van der Waals surface area contributed by atoms with Crippen LogP contribution in [0.3, 0.4) is 0 Å². The fourth-order valence-corrected chi connectivity index (χ4v) is 1.66. The lowest BCUT2D eigenvalue weighted by molar-refractivity contribution is 0.625. The molecule has 0 amide bonds. The third-order valence-electron chi connectivity index (χ3n) is 2.75. The molecule has 0 saturated heterocycles. The summed E-state index contributed by atoms with van der Waals surface area (Å²) in [5, 5.41) is 4.21. The van der Waals surface area contributed by atoms with Crippen LogP contribution in [0.1, 0.15) is 18.1 Å². The summed E-state index contributed by atoms with van der Waals surface area (Å²) in [6.07, 6.45) is 0. The summed E-state index contributed by atoms with van der Waals surface area (Å²) in [7, 11) is 0. The number of rotatable bonds is 3. The molecular formula is C15H15FN2. The molecule has 0 fully saturated rings. The van der Waals surface area contributed by atoms with Gasteiger partial charge in [0.2, 0.25) is 0 Å². The Kier molecular flexibility index (Phi) is 3.72. The fraction of sp³-hybridized carbons (Fsp3) is 0.133. The summed E-state index contributed by atoms with van der Waals surface area (Å²) in [6.45, 7) is 3.78. The molecule has 0 saturated carbocycles. The van der Waals surface area contributed by atoms with Gasteiger partial charge in [-0.05, 0) is 31.5 Å². The number of aryl methyl sites for hydroxylation is 1. The van der Waals surface area contributed by atoms with E-state index in [1.807, 2.05) is 31.2 Å². The minimum atomic E-state index is -0.259. The molecule has 92 valence electrons. The molecule has 0 bridgehead atoms. The van der Waals surface area contributed by atoms with Crippen LogP contribution in [0.4, 0.5) is 10.1 Å². The number of nitrogens with zero attached hydrogens (tertiary/aromatic N) is 1. The lowest BCUT2D eigenvalue weighted by Gasteiger charge is -2.06. The maximum absolute atomic E-state index is 13.5. The summed E-state index contributed by atoms with van der Waals surface area (Å²) in [6, 6.07) is 14.4. The van der Waals surface area contributed by atoms with Gasteiger partial charge in [0.25, 0.3) is 0 Å². The van der Waals surface area contributed by atoms with Crippen LogP contribution < -0.4 is 5.43 Å². The van der Waals surface area contributed by atoms with Crippen molar-refractivity contribution in [3.8, 4) is 0 Å². The average Bonchev–Trinajstić information content (AvgIpc) is 2.38. The highest BCUT2D eigenvalue weighted by Gasteiger charge is 2.03. The van der Waals surface area contributed by atoms with Gasteiger partial charge in [-0.25, -0.2) is 4.39 Å². The van der Waals surface area contributed by atoms with Gasteiger partial charge in [0.05, 0.1) is 11.4 Å². The van der Waals surface area contributed by atoms with Crippen LogP contribution >= 0.6 is 0 Å². The van der Waals surface area contributed by atoms with Gasteiger partial charge in [-0.3, -0.25) is 5.43 Å². The Balaban J connectivity index is 2.20. The molecular weight excluding hydrogens is 227 g/mol. The third-order valence-corrected chi connectivity index (χ3v) is 2.75. The van der Waals surface area contributed by atoms with E-state index in [-0.39, 0.29) is 5.82 Å². The SMILES string of the molecule is C/C(=N/Nc1ccccc1C)c1ccccc1F. The molecule has 1 N–H and O–H groups in total. The second-order valence-corrected chi connectivity index (χ2v) is 4.10. The van der Waals surface area contributed by atoms with Crippen molar-refractivity contribution in [2.45, 2.75) is 13.8 Å². The van der Waals surface area contributed by atoms with Crippen LogP contribution in [0.25, 0.3) is 0 Å². The molecule has 0 aliphatic heterocycles. The van der Waals surface area contributed by atoms with Crippen molar-refractivity contribution in [3.05, 3.63) is 65.5 Å². The topological polar surface area (TPSA) is 24.4 Å². The minimum absolute atomic E-state index is 0.259. The van der Waals surface area contributed by atoms with Gasteiger partial charge in [-0.15, -0.1) is 0 Å². The van der Waals surface area contributed by atoms with Crippen molar-refractivity contribution in [1.29, 1.82) is 0 Å². The van der Waals surface area contributed by atoms with Crippen molar-refractivity contribution < 1.29 is 4.39 Å². The first-order chi connectivity index (χ1) is 8.68. The smallest absolute Gasteiger partial charge is 0.132 e. The first-order valence-electron chi connectivity index (χ1n) is 5.79. The minimum Gasteiger partial charge on any atom is -0.278 e. The number of halogens is 1. The van der Waals surface area contributed by atoms with Gasteiger partial charge >= 0.3 is 0 Å². The summed E-state index contributed by atoms with van der Waals surface area (Å²) in [5.41, 5.74) is 6.12. The van der Waals surface area contributed by atoms with Crippen molar-refractivity contribution in [2.75, 3.05) is 5.43 Å². The van der Waals surface area contributed by atoms with Gasteiger partial charge in [0, 0.05) is 5.56 Å². The highest BCUT2D eigenvalue weighted by Crippen LogP contribution is 2.14. The quantitative estimate of drug-likeness (QED) is 0.639. The Morgan fingerprint density at radius 2 is 1.72 bits per heavy atom. The van der Waals surface area contributed by atoms with Gasteiger partial charge in [0.15, 0.2) is 0 Å². The fourth-order valence-electron chi connectivity index (χ4n) is 1.66. The zero-order valence-corrected chi connectivity index (χ0v) is 10.4. The average molecular weight is 242 g/mol. The van der Waals surface area contributed by atoms with Crippen LogP contribution in [0.15, 0.2) is 53.6 Å². The first kappa shape index (κ1) is 12.3. The summed E-state index contributed by atoms with van der Waals surface area (Å²) >= 11 is 0. The van der Waals surface area contributed by atoms with E-state index in [0.29, 0.717) is 11.3 Å². The van der Waals surface area contributed by atoms with Crippen LogP contribution in [0, 0.1) is 12.7 Å². The zero-order chi connectivity index (χ0) is 13.0. The number of anilines is 1. The monoisotopic (exact) mass is 242 g/mol. The molecule has 18 heavy (non-hydrogen) atoms. The highest BCUT2D eigenvalue weighted by molar-refractivity contribution is 5.99. The van der Waals surface area contributed by atoms with Crippen molar-refractivity contribution >= 4 is 11.4 Å². The van der Waals surface area contributed by atoms with E-state index >= 15 is 0 Å². The lowest BCUT2D eigenvalue weighted by Crippen LogP contribution is -2.02. The number of benzene rings is 2. The summed E-state index contributed by atoms with van der Waals surface area (Å²) in [5.74, 6) is -0.259. The Labute approximate surface area is 106 Å². The van der Waals surface area contributed by atoms with Gasteiger partial charge < -0.3 is 0 Å². The molecule has 2 nitrogen and oxygen atoms in total. The molecule has 2 aromatic carbocycles. The molecule has 2 rings (SSSR count). The molecule has 0 unspecified atom stereocenters. The zero-order valence-electron chi connectivity index (χ0n) is 10.4. The standard InChI is InChI=1S/C15H15FN2/c1-11-7-3-6-10-15(11)18-17-12(2)13-8-4-5-9-14(13)16/h3-10,18H,1-2H3/b17-12-. The van der Waals surface area contributed by atoms with E-state index in [0.717, 1.165) is 11.3 Å². The molecule has 0 aliphatic rings. The molecule has 0 spiro atoms. The molecule has 0 aromatic heterocycles. The Bertz CT molecular complexity index is 576. The van der Waals surface area contributed by atoms with Crippen LogP contribution in [-0.4, -0.2) is 5.71 Å². The second kappa shape index (κ2) is 5.45. The first-order valence-corrected chi connectivity index (χ1v) is 5.79. The highest BCUT2D eigenvalue weighted by atomic mass is 19.1. The van der Waals surface area contributed by atoms with Crippen molar-refractivity contribution in [3.63, 3.8) is 0 Å². The van der Waals surface area contributed by atoms with Crippen molar-refractivity contribution in [1.82, 2.24) is 0 Å². The van der Waals surface area contributed by atoms with E-state index in [1.165, 1.54) is 6.07 Å². The van der Waals surface area contributed by atoms with E-state index in [1.54, 1.807) is 25.1 Å². The Hall–Kier alpha value is -2.16. The van der Waals surface area contributed by atoms with Crippen LogP contribution in [0.2, 0.25) is 0 Å². The normalized spacial score (nSPS) is 11.4. The molecule has 0 heterocycles. The van der Waals surface area contributed by atoms with Gasteiger partial charge in [0.1, 0.15) is 5.82 Å². The van der Waals surface area contributed by atoms with E-state index in [2.05, 4.69) is 10.5 Å². The number of nitrogens with one attached hydrogen (secondary N) is 1. The molecule has 3 heteroatoms.